The summed E-state index contributed by atoms with van der Waals surface area (Å²) in [6.45, 7) is 2.14. The number of ether oxygens (including phenoxy) is 2. The molecule has 112 valence electrons. The van der Waals surface area contributed by atoms with Gasteiger partial charge in [-0.15, -0.1) is 0 Å². The molecule has 0 spiro atoms. The summed E-state index contributed by atoms with van der Waals surface area (Å²) < 4.78 is 12.1. The Morgan fingerprint density at radius 1 is 1.18 bits per heavy atom. The van der Waals surface area contributed by atoms with Crippen molar-refractivity contribution in [3.05, 3.63) is 54.4 Å². The Bertz CT molecular complexity index is 806. The molecule has 0 atom stereocenters. The van der Waals surface area contributed by atoms with Crippen LogP contribution in [0.25, 0.3) is 16.7 Å². The molecule has 0 radical (unpaired) electrons. The molecule has 0 saturated heterocycles. The van der Waals surface area contributed by atoms with E-state index in [0.717, 1.165) is 22.5 Å². The van der Waals surface area contributed by atoms with E-state index in [0.29, 0.717) is 12.2 Å². The van der Waals surface area contributed by atoms with Crippen molar-refractivity contribution in [2.45, 2.75) is 6.92 Å². The molecule has 0 bridgehead atoms. The minimum absolute atomic E-state index is 0.330. The predicted octanol–water partition coefficient (Wildman–Crippen LogP) is 3.21. The van der Waals surface area contributed by atoms with E-state index in [4.69, 9.17) is 9.47 Å². The molecule has 0 aliphatic carbocycles. The number of imidazole rings is 1. The van der Waals surface area contributed by atoms with Crippen LogP contribution in [0.15, 0.2) is 48.8 Å². The zero-order chi connectivity index (χ0) is 15.5. The van der Waals surface area contributed by atoms with E-state index in [2.05, 4.69) is 4.98 Å². The van der Waals surface area contributed by atoms with Crippen molar-refractivity contribution in [1.29, 1.82) is 0 Å². The number of carbonyl (C=O) groups excluding carboxylic acids is 1. The summed E-state index contributed by atoms with van der Waals surface area (Å²) in [5, 5.41) is 0. The number of methoxy groups -OCH3 is 1. The molecule has 0 aliphatic heterocycles. The molecule has 0 fully saturated rings. The van der Waals surface area contributed by atoms with Crippen molar-refractivity contribution in [3.63, 3.8) is 0 Å². The molecule has 2 aromatic carbocycles. The lowest BCUT2D eigenvalue weighted by Crippen LogP contribution is -2.04. The van der Waals surface area contributed by atoms with Crippen LogP contribution in [-0.2, 0) is 4.74 Å². The Kier molecular flexibility index (Phi) is 3.78. The third kappa shape index (κ3) is 2.53. The lowest BCUT2D eigenvalue weighted by atomic mass is 10.2. The Morgan fingerprint density at radius 3 is 2.64 bits per heavy atom. The normalized spacial score (nSPS) is 10.6. The van der Waals surface area contributed by atoms with Crippen molar-refractivity contribution in [2.24, 2.45) is 0 Å². The summed E-state index contributed by atoms with van der Waals surface area (Å²) in [7, 11) is 1.64. The molecule has 0 N–H and O–H groups in total. The van der Waals surface area contributed by atoms with Crippen LogP contribution in [0.3, 0.4) is 0 Å². The Labute approximate surface area is 128 Å². The number of fused-ring (bicyclic) bond motifs is 1. The summed E-state index contributed by atoms with van der Waals surface area (Å²) in [5.74, 6) is 0.473. The minimum atomic E-state index is -0.330. The molecule has 5 heteroatoms. The lowest BCUT2D eigenvalue weighted by molar-refractivity contribution is 0.0526. The second kappa shape index (κ2) is 5.89. The van der Waals surface area contributed by atoms with E-state index in [9.17, 15) is 4.79 Å². The third-order valence-electron chi connectivity index (χ3n) is 3.41. The van der Waals surface area contributed by atoms with Crippen molar-refractivity contribution in [2.75, 3.05) is 13.7 Å². The monoisotopic (exact) mass is 296 g/mol. The summed E-state index contributed by atoms with van der Waals surface area (Å²) in [5.41, 5.74) is 3.17. The van der Waals surface area contributed by atoms with Crippen LogP contribution in [0.1, 0.15) is 17.3 Å². The Morgan fingerprint density at radius 2 is 1.95 bits per heavy atom. The van der Waals surface area contributed by atoms with Gasteiger partial charge in [-0.05, 0) is 49.4 Å². The summed E-state index contributed by atoms with van der Waals surface area (Å²) in [6, 6.07) is 13.1. The number of nitrogens with zero attached hydrogens (tertiary/aromatic N) is 2. The number of carbonyl (C=O) groups is 1. The van der Waals surface area contributed by atoms with Gasteiger partial charge in [-0.3, -0.25) is 4.57 Å². The third-order valence-corrected chi connectivity index (χ3v) is 3.41. The highest BCUT2D eigenvalue weighted by Gasteiger charge is 2.10. The maximum Gasteiger partial charge on any atom is 0.338 e. The first kappa shape index (κ1) is 14.1. The van der Waals surface area contributed by atoms with Crippen molar-refractivity contribution in [1.82, 2.24) is 9.55 Å². The molecular weight excluding hydrogens is 280 g/mol. The number of hydrogen-bond acceptors (Lipinski definition) is 4. The molecule has 0 saturated carbocycles. The van der Waals surface area contributed by atoms with E-state index >= 15 is 0 Å². The number of benzene rings is 2. The first-order valence-electron chi connectivity index (χ1n) is 7.01. The number of hydrogen-bond donors (Lipinski definition) is 0. The smallest absolute Gasteiger partial charge is 0.338 e. The quantitative estimate of drug-likeness (QED) is 0.694. The Balaban J connectivity index is 1.99. The van der Waals surface area contributed by atoms with E-state index < -0.39 is 0 Å². The highest BCUT2D eigenvalue weighted by Crippen LogP contribution is 2.21. The largest absolute Gasteiger partial charge is 0.497 e. The number of rotatable bonds is 4. The first-order valence-corrected chi connectivity index (χ1v) is 7.01. The molecule has 1 heterocycles. The van der Waals surface area contributed by atoms with Crippen molar-refractivity contribution >= 4 is 17.0 Å². The SMILES string of the molecule is CCOC(=O)c1ccc2c(c1)ncn2-c1ccc(OC)cc1. The fourth-order valence-corrected chi connectivity index (χ4v) is 2.30. The molecule has 3 aromatic rings. The van der Waals surface area contributed by atoms with Gasteiger partial charge in [0.15, 0.2) is 0 Å². The van der Waals surface area contributed by atoms with Crippen LogP contribution >= 0.6 is 0 Å². The standard InChI is InChI=1S/C17H16N2O3/c1-3-22-17(20)12-4-9-16-15(10-12)18-11-19(16)13-5-7-14(21-2)8-6-13/h4-11H,3H2,1-2H3. The molecular formula is C17H16N2O3. The van der Waals surface area contributed by atoms with Gasteiger partial charge in [0.25, 0.3) is 0 Å². The van der Waals surface area contributed by atoms with Gasteiger partial charge in [-0.25, -0.2) is 9.78 Å². The Hall–Kier alpha value is -2.82. The summed E-state index contributed by atoms with van der Waals surface area (Å²) in [6.07, 6.45) is 1.74. The highest BCUT2D eigenvalue weighted by atomic mass is 16.5. The highest BCUT2D eigenvalue weighted by molar-refractivity contribution is 5.93. The predicted molar refractivity (Wildman–Crippen MR) is 83.6 cm³/mol. The molecule has 0 unspecified atom stereocenters. The van der Waals surface area contributed by atoms with Crippen LogP contribution in [-0.4, -0.2) is 29.2 Å². The van der Waals surface area contributed by atoms with Crippen LogP contribution in [0.4, 0.5) is 0 Å². The van der Waals surface area contributed by atoms with Gasteiger partial charge in [0.1, 0.15) is 12.1 Å². The molecule has 5 nitrogen and oxygen atoms in total. The second-order valence-corrected chi connectivity index (χ2v) is 4.74. The van der Waals surface area contributed by atoms with Gasteiger partial charge >= 0.3 is 5.97 Å². The number of aromatic nitrogens is 2. The van der Waals surface area contributed by atoms with Crippen molar-refractivity contribution in [3.8, 4) is 11.4 Å². The van der Waals surface area contributed by atoms with Crippen LogP contribution in [0, 0.1) is 0 Å². The average Bonchev–Trinajstić information content (AvgIpc) is 2.98. The maximum absolute atomic E-state index is 11.8. The lowest BCUT2D eigenvalue weighted by Gasteiger charge is -2.06. The van der Waals surface area contributed by atoms with Gasteiger partial charge in [-0.2, -0.15) is 0 Å². The van der Waals surface area contributed by atoms with E-state index in [1.165, 1.54) is 0 Å². The molecule has 0 aliphatic rings. The van der Waals surface area contributed by atoms with Gasteiger partial charge in [0.05, 0.1) is 30.3 Å². The number of esters is 1. The van der Waals surface area contributed by atoms with Gasteiger partial charge < -0.3 is 9.47 Å². The van der Waals surface area contributed by atoms with Gasteiger partial charge in [0.2, 0.25) is 0 Å². The molecule has 0 amide bonds. The minimum Gasteiger partial charge on any atom is -0.497 e. The molecule has 22 heavy (non-hydrogen) atoms. The van der Waals surface area contributed by atoms with E-state index in [-0.39, 0.29) is 5.97 Å². The maximum atomic E-state index is 11.8. The van der Waals surface area contributed by atoms with Gasteiger partial charge in [-0.1, -0.05) is 0 Å². The molecule has 1 aromatic heterocycles. The van der Waals surface area contributed by atoms with Gasteiger partial charge in [0, 0.05) is 5.69 Å². The molecule has 3 rings (SSSR count). The summed E-state index contributed by atoms with van der Waals surface area (Å²) >= 11 is 0. The average molecular weight is 296 g/mol. The topological polar surface area (TPSA) is 53.3 Å². The summed E-state index contributed by atoms with van der Waals surface area (Å²) in [4.78, 5) is 16.1. The zero-order valence-corrected chi connectivity index (χ0v) is 12.4. The fraction of sp³-hybridized carbons (Fsp3) is 0.176. The zero-order valence-electron chi connectivity index (χ0n) is 12.4. The van der Waals surface area contributed by atoms with Crippen LogP contribution in [0.2, 0.25) is 0 Å². The van der Waals surface area contributed by atoms with E-state index in [1.54, 1.807) is 32.5 Å². The van der Waals surface area contributed by atoms with Crippen LogP contribution < -0.4 is 4.74 Å². The van der Waals surface area contributed by atoms with Crippen LogP contribution in [0.5, 0.6) is 5.75 Å². The fourth-order valence-electron chi connectivity index (χ4n) is 2.30. The first-order chi connectivity index (χ1) is 10.7. The second-order valence-electron chi connectivity index (χ2n) is 4.74. The van der Waals surface area contributed by atoms with E-state index in [1.807, 2.05) is 34.9 Å². The van der Waals surface area contributed by atoms with Crippen molar-refractivity contribution < 1.29 is 14.3 Å².